The van der Waals surface area contributed by atoms with Crippen molar-refractivity contribution < 1.29 is 14.3 Å². The van der Waals surface area contributed by atoms with Gasteiger partial charge >= 0.3 is 0 Å². The first kappa shape index (κ1) is 23.1. The van der Waals surface area contributed by atoms with E-state index in [-0.39, 0.29) is 12.0 Å². The maximum Gasteiger partial charge on any atom is 0.221 e. The van der Waals surface area contributed by atoms with Crippen molar-refractivity contribution in [2.75, 3.05) is 17.7 Å². The minimum Gasteiger partial charge on any atom is -0.342 e. The van der Waals surface area contributed by atoms with Gasteiger partial charge in [-0.25, -0.2) is 4.98 Å². The third-order valence-electron chi connectivity index (χ3n) is 5.11. The first-order valence-corrected chi connectivity index (χ1v) is 11.8. The van der Waals surface area contributed by atoms with Crippen molar-refractivity contribution in [3.63, 3.8) is 0 Å². The number of hydrogen-bond acceptors (Lipinski definition) is 5. The molecule has 2 heterocycles. The minimum atomic E-state index is -1.03. The maximum absolute atomic E-state index is 11.2. The molecule has 0 bridgehead atoms. The summed E-state index contributed by atoms with van der Waals surface area (Å²) in [5.41, 5.74) is 1.51. The molecule has 6 nitrogen and oxygen atoms in total. The number of hydrogen-bond donors (Lipinski definition) is 1. The number of rotatable bonds is 7. The van der Waals surface area contributed by atoms with E-state index in [2.05, 4.69) is 10.3 Å². The van der Waals surface area contributed by atoms with Gasteiger partial charge in [0.1, 0.15) is 5.82 Å². The van der Waals surface area contributed by atoms with E-state index in [4.69, 9.17) is 32.7 Å². The van der Waals surface area contributed by atoms with Crippen LogP contribution in [0.25, 0.3) is 0 Å². The van der Waals surface area contributed by atoms with Gasteiger partial charge in [-0.05, 0) is 43.3 Å². The summed E-state index contributed by atoms with van der Waals surface area (Å²) in [6, 6.07) is 13.1. The van der Waals surface area contributed by atoms with Crippen LogP contribution in [-0.2, 0) is 26.6 Å². The zero-order valence-corrected chi connectivity index (χ0v) is 20.0. The lowest BCUT2D eigenvalue weighted by Gasteiger charge is -2.30. The maximum atomic E-state index is 11.2. The molecule has 2 aromatic carbocycles. The van der Waals surface area contributed by atoms with Crippen molar-refractivity contribution in [3.05, 3.63) is 76.3 Å². The summed E-state index contributed by atoms with van der Waals surface area (Å²) in [5, 5.41) is 3.82. The second kappa shape index (κ2) is 9.85. The highest BCUT2D eigenvalue weighted by molar-refractivity contribution is 7.99. The second-order valence-corrected chi connectivity index (χ2v) is 9.48. The van der Waals surface area contributed by atoms with Crippen molar-refractivity contribution in [1.82, 2.24) is 9.55 Å². The molecular weight excluding hydrogens is 469 g/mol. The average Bonchev–Trinajstić information content (AvgIpc) is 3.34. The van der Waals surface area contributed by atoms with Gasteiger partial charge in [0.15, 0.2) is 0 Å². The molecule has 1 aliphatic heterocycles. The number of thioether (sulfide) groups is 1. The fraction of sp³-hybridized carbons (Fsp3) is 0.304. The Morgan fingerprint density at radius 2 is 2.06 bits per heavy atom. The van der Waals surface area contributed by atoms with Gasteiger partial charge in [0.05, 0.1) is 24.3 Å². The number of aryl methyl sites for hydroxylation is 1. The summed E-state index contributed by atoms with van der Waals surface area (Å²) >= 11 is 14.3. The van der Waals surface area contributed by atoms with Crippen LogP contribution in [0.15, 0.2) is 59.8 Å². The summed E-state index contributed by atoms with van der Waals surface area (Å²) in [4.78, 5) is 16.6. The zero-order chi connectivity index (χ0) is 22.7. The van der Waals surface area contributed by atoms with Crippen LogP contribution in [0.4, 0.5) is 5.69 Å². The molecule has 168 valence electrons. The molecule has 1 saturated heterocycles. The van der Waals surface area contributed by atoms with Gasteiger partial charge in [0, 0.05) is 46.2 Å². The van der Waals surface area contributed by atoms with E-state index in [1.807, 2.05) is 48.0 Å². The first-order chi connectivity index (χ1) is 15.3. The monoisotopic (exact) mass is 491 g/mol. The highest BCUT2D eigenvalue weighted by atomic mass is 35.5. The fourth-order valence-electron chi connectivity index (χ4n) is 3.58. The number of nitrogens with zero attached hydrogens (tertiary/aromatic N) is 2. The lowest BCUT2D eigenvalue weighted by atomic mass is 10.1. The molecule has 9 heteroatoms. The van der Waals surface area contributed by atoms with Crippen LogP contribution in [0.1, 0.15) is 18.3 Å². The number of benzene rings is 2. The molecule has 0 aliphatic carbocycles. The Labute approximate surface area is 201 Å². The number of nitrogens with one attached hydrogen (secondary N) is 1. The van der Waals surface area contributed by atoms with E-state index in [1.54, 1.807) is 30.1 Å². The van der Waals surface area contributed by atoms with Crippen LogP contribution in [-0.4, -0.2) is 33.9 Å². The number of ether oxygens (including phenoxy) is 2. The van der Waals surface area contributed by atoms with Gasteiger partial charge in [-0.2, -0.15) is 0 Å². The number of anilines is 1. The van der Waals surface area contributed by atoms with Crippen LogP contribution in [0.3, 0.4) is 0 Å². The van der Waals surface area contributed by atoms with Gasteiger partial charge in [-0.15, -0.1) is 11.8 Å². The molecule has 1 aromatic heterocycles. The Balaban J connectivity index is 1.49. The molecule has 4 rings (SSSR count). The molecule has 1 amide bonds. The molecule has 0 radical (unpaired) electrons. The molecule has 32 heavy (non-hydrogen) atoms. The molecule has 1 N–H and O–H groups in total. The van der Waals surface area contributed by atoms with E-state index in [0.717, 1.165) is 22.0 Å². The molecule has 1 aliphatic rings. The van der Waals surface area contributed by atoms with E-state index < -0.39 is 5.79 Å². The van der Waals surface area contributed by atoms with Crippen LogP contribution >= 0.6 is 35.0 Å². The van der Waals surface area contributed by atoms with Crippen molar-refractivity contribution in [3.8, 4) is 0 Å². The number of imidazole rings is 1. The smallest absolute Gasteiger partial charge is 0.221 e. The summed E-state index contributed by atoms with van der Waals surface area (Å²) in [6.07, 6.45) is 3.51. The molecular formula is C23H23Cl2N3O3S. The predicted octanol–water partition coefficient (Wildman–Crippen LogP) is 5.52. The highest BCUT2D eigenvalue weighted by Gasteiger charge is 2.45. The first-order valence-electron chi connectivity index (χ1n) is 10.1. The normalized spacial score (nSPS) is 20.4. The summed E-state index contributed by atoms with van der Waals surface area (Å²) < 4.78 is 14.8. The largest absolute Gasteiger partial charge is 0.342 e. The molecule has 0 saturated carbocycles. The number of carbonyl (C=O) groups excluding carboxylic acids is 1. The Morgan fingerprint density at radius 1 is 1.28 bits per heavy atom. The lowest BCUT2D eigenvalue weighted by Crippen LogP contribution is -2.34. The van der Waals surface area contributed by atoms with E-state index >= 15 is 0 Å². The molecule has 1 fully saturated rings. The Kier molecular flexibility index (Phi) is 7.12. The summed E-state index contributed by atoms with van der Waals surface area (Å²) in [5.74, 6) is 0.439. The Morgan fingerprint density at radius 3 is 2.72 bits per heavy atom. The highest BCUT2D eigenvalue weighted by Crippen LogP contribution is 2.41. The predicted molar refractivity (Wildman–Crippen MR) is 127 cm³/mol. The lowest BCUT2D eigenvalue weighted by molar-refractivity contribution is -0.185. The molecule has 2 atom stereocenters. The van der Waals surface area contributed by atoms with Crippen LogP contribution < -0.4 is 5.32 Å². The molecule has 0 unspecified atom stereocenters. The van der Waals surface area contributed by atoms with E-state index in [0.29, 0.717) is 28.9 Å². The van der Waals surface area contributed by atoms with Gasteiger partial charge in [0.25, 0.3) is 0 Å². The number of aromatic nitrogens is 2. The Hall–Kier alpha value is -2.03. The third-order valence-corrected chi connectivity index (χ3v) is 6.81. The van der Waals surface area contributed by atoms with Gasteiger partial charge in [0.2, 0.25) is 11.7 Å². The van der Waals surface area contributed by atoms with Gasteiger partial charge in [-0.3, -0.25) is 4.79 Å². The minimum absolute atomic E-state index is 0.0905. The number of halogens is 2. The standard InChI is InChI=1S/C23H23Cl2N3O3S/c1-15-26-9-10-28(15)14-23(21-8-3-17(24)11-22(21)25)30-12-19(31-23)13-32-20-6-4-18(5-7-20)27-16(2)29/h3-11,19H,12-14H2,1-2H3,(H,27,29)/t19-,23+/m0/s1. The van der Waals surface area contributed by atoms with Gasteiger partial charge in [-0.1, -0.05) is 29.3 Å². The quantitative estimate of drug-likeness (QED) is 0.440. The van der Waals surface area contributed by atoms with Crippen molar-refractivity contribution in [1.29, 1.82) is 0 Å². The third kappa shape index (κ3) is 5.30. The van der Waals surface area contributed by atoms with Crippen LogP contribution in [0.5, 0.6) is 0 Å². The van der Waals surface area contributed by atoms with Crippen molar-refractivity contribution in [2.24, 2.45) is 0 Å². The van der Waals surface area contributed by atoms with Crippen molar-refractivity contribution >= 4 is 46.6 Å². The second-order valence-electron chi connectivity index (χ2n) is 7.55. The summed E-state index contributed by atoms with van der Waals surface area (Å²) in [6.45, 7) is 4.28. The van der Waals surface area contributed by atoms with E-state index in [9.17, 15) is 4.79 Å². The van der Waals surface area contributed by atoms with Crippen LogP contribution in [0, 0.1) is 6.92 Å². The van der Waals surface area contributed by atoms with Crippen molar-refractivity contribution in [2.45, 2.75) is 37.2 Å². The average molecular weight is 492 g/mol. The van der Waals surface area contributed by atoms with Crippen LogP contribution in [0.2, 0.25) is 10.0 Å². The zero-order valence-electron chi connectivity index (χ0n) is 17.7. The molecule has 0 spiro atoms. The fourth-order valence-corrected chi connectivity index (χ4v) is 5.00. The number of amides is 1. The SMILES string of the molecule is CC(=O)Nc1ccc(SC[C@@H]2CO[C@@](Cn3ccnc3C)(c3ccc(Cl)cc3Cl)O2)cc1. The summed E-state index contributed by atoms with van der Waals surface area (Å²) in [7, 11) is 0. The topological polar surface area (TPSA) is 65.4 Å². The number of carbonyl (C=O) groups is 1. The van der Waals surface area contributed by atoms with Gasteiger partial charge < -0.3 is 19.4 Å². The van der Waals surface area contributed by atoms with E-state index in [1.165, 1.54) is 6.92 Å². The molecule has 3 aromatic rings. The Bertz CT molecular complexity index is 1110.